The molecule has 2 saturated carbocycles. The van der Waals surface area contributed by atoms with E-state index in [-0.39, 0.29) is 29.5 Å². The molecule has 4 aliphatic carbocycles. The summed E-state index contributed by atoms with van der Waals surface area (Å²) in [7, 11) is 0. The van der Waals surface area contributed by atoms with E-state index in [0.717, 1.165) is 11.1 Å². The fraction of sp³-hybridized carbons (Fsp3) is 0.700. The average molecular weight is 513 g/mol. The number of aliphatic hydroxyl groups excluding tert-OH is 1. The molecule has 5 aliphatic rings. The topological polar surface area (TPSA) is 110 Å². The van der Waals surface area contributed by atoms with Gasteiger partial charge in [0.2, 0.25) is 0 Å². The molecule has 0 aromatic carbocycles. The van der Waals surface area contributed by atoms with Crippen molar-refractivity contribution >= 4 is 17.7 Å². The molecule has 202 valence electrons. The maximum atomic E-state index is 13.3. The molecule has 0 bridgehead atoms. The van der Waals surface area contributed by atoms with Crippen molar-refractivity contribution in [2.75, 3.05) is 0 Å². The van der Waals surface area contributed by atoms with Gasteiger partial charge < -0.3 is 19.7 Å². The van der Waals surface area contributed by atoms with E-state index in [1.54, 1.807) is 13.0 Å². The first-order chi connectivity index (χ1) is 17.3. The second kappa shape index (κ2) is 8.63. The summed E-state index contributed by atoms with van der Waals surface area (Å²) in [4.78, 5) is 38.0. The molecule has 7 nitrogen and oxygen atoms in total. The van der Waals surface area contributed by atoms with Gasteiger partial charge in [-0.25, -0.2) is 4.79 Å². The van der Waals surface area contributed by atoms with Gasteiger partial charge in [-0.1, -0.05) is 25.5 Å². The van der Waals surface area contributed by atoms with Crippen LogP contribution in [0.15, 0.2) is 34.9 Å². The van der Waals surface area contributed by atoms with Gasteiger partial charge in [0.25, 0.3) is 0 Å². The molecule has 0 aromatic heterocycles. The van der Waals surface area contributed by atoms with Crippen molar-refractivity contribution < 1.29 is 34.1 Å². The number of rotatable bonds is 3. The molecule has 5 rings (SSSR count). The number of allylic oxidation sites excluding steroid dienone is 2. The van der Waals surface area contributed by atoms with E-state index in [1.165, 1.54) is 13.0 Å². The molecule has 7 heteroatoms. The highest BCUT2D eigenvalue weighted by atomic mass is 16.6. The lowest BCUT2D eigenvalue weighted by molar-refractivity contribution is -0.213. The van der Waals surface area contributed by atoms with Crippen molar-refractivity contribution in [2.24, 2.45) is 34.5 Å². The standard InChI is InChI=1S/C30H40O7/c1-15-13-24(37-27(34)16(15)2)17(3)30(35)26(36-18(4)31)14-22-19-7-8-21-23(32)9-10-25(33)29(21,6)20(19)11-12-28(22,30)5/h8-10,17,19-20,22-24,26,32,35H,7,11-14H2,1-6H3/t17-,19-,20+,22+,23+,24-,26-,28+,29-,30-/m1/s1. The Bertz CT molecular complexity index is 1130. The quantitative estimate of drug-likeness (QED) is 0.437. The third-order valence-corrected chi connectivity index (χ3v) is 11.2. The third-order valence-electron chi connectivity index (χ3n) is 11.2. The maximum absolute atomic E-state index is 13.3. The van der Waals surface area contributed by atoms with Crippen LogP contribution in [0.1, 0.15) is 73.6 Å². The number of carbonyl (C=O) groups is 3. The summed E-state index contributed by atoms with van der Waals surface area (Å²) in [6.45, 7) is 11.0. The van der Waals surface area contributed by atoms with Crippen molar-refractivity contribution in [3.05, 3.63) is 34.9 Å². The maximum Gasteiger partial charge on any atom is 0.333 e. The molecule has 0 saturated heterocycles. The molecule has 2 N–H and O–H groups in total. The molecule has 1 heterocycles. The molecule has 2 fully saturated rings. The summed E-state index contributed by atoms with van der Waals surface area (Å²) >= 11 is 0. The van der Waals surface area contributed by atoms with Crippen molar-refractivity contribution in [1.29, 1.82) is 0 Å². The number of carbonyl (C=O) groups excluding carboxylic acids is 3. The normalized spacial score (nSPS) is 45.9. The molecule has 0 radical (unpaired) electrons. The van der Waals surface area contributed by atoms with Crippen LogP contribution in [0.5, 0.6) is 0 Å². The minimum atomic E-state index is -1.41. The zero-order valence-corrected chi connectivity index (χ0v) is 22.7. The van der Waals surface area contributed by atoms with E-state index >= 15 is 0 Å². The fourth-order valence-electron chi connectivity index (χ4n) is 8.87. The molecule has 10 atom stereocenters. The minimum Gasteiger partial charge on any atom is -0.459 e. The fourth-order valence-corrected chi connectivity index (χ4v) is 8.87. The Morgan fingerprint density at radius 2 is 1.92 bits per heavy atom. The van der Waals surface area contributed by atoms with E-state index in [9.17, 15) is 24.6 Å². The average Bonchev–Trinajstić information content (AvgIpc) is 3.06. The van der Waals surface area contributed by atoms with Gasteiger partial charge in [-0.3, -0.25) is 9.59 Å². The Morgan fingerprint density at radius 1 is 1.22 bits per heavy atom. The van der Waals surface area contributed by atoms with Gasteiger partial charge in [-0.15, -0.1) is 0 Å². The zero-order chi connectivity index (χ0) is 27.1. The summed E-state index contributed by atoms with van der Waals surface area (Å²) in [5.74, 6) is -1.16. The molecule has 37 heavy (non-hydrogen) atoms. The summed E-state index contributed by atoms with van der Waals surface area (Å²) in [6, 6.07) is 0. The van der Waals surface area contributed by atoms with Crippen LogP contribution in [-0.4, -0.2) is 51.8 Å². The zero-order valence-electron chi connectivity index (χ0n) is 22.7. The summed E-state index contributed by atoms with van der Waals surface area (Å²) in [5, 5.41) is 23.3. The molecule has 1 aliphatic heterocycles. The first-order valence-electron chi connectivity index (χ1n) is 13.6. The minimum absolute atomic E-state index is 0.00816. The Morgan fingerprint density at radius 3 is 2.57 bits per heavy atom. The number of hydrogen-bond acceptors (Lipinski definition) is 7. The van der Waals surface area contributed by atoms with Gasteiger partial charge in [0.1, 0.15) is 17.8 Å². The van der Waals surface area contributed by atoms with Crippen molar-refractivity contribution in [3.8, 4) is 0 Å². The summed E-state index contributed by atoms with van der Waals surface area (Å²) in [5.41, 5.74) is -0.461. The molecular formula is C30H40O7. The van der Waals surface area contributed by atoms with E-state index in [1.807, 2.05) is 26.8 Å². The second-order valence-electron chi connectivity index (χ2n) is 12.6. The Hall–Kier alpha value is -2.25. The van der Waals surface area contributed by atoms with Crippen LogP contribution in [0, 0.1) is 34.5 Å². The summed E-state index contributed by atoms with van der Waals surface area (Å²) < 4.78 is 11.7. The smallest absolute Gasteiger partial charge is 0.333 e. The molecule has 0 spiro atoms. The highest BCUT2D eigenvalue weighted by Gasteiger charge is 2.71. The number of ether oxygens (including phenoxy) is 2. The van der Waals surface area contributed by atoms with E-state index in [2.05, 4.69) is 6.92 Å². The van der Waals surface area contributed by atoms with Crippen LogP contribution in [0.2, 0.25) is 0 Å². The van der Waals surface area contributed by atoms with Crippen molar-refractivity contribution in [1.82, 2.24) is 0 Å². The SMILES string of the molecule is CC(=O)O[C@@H]1C[C@H]2[C@@H]3CC=C4[C@@H](O)C=CC(=O)[C@]4(C)[C@H]3CC[C@]2(C)[C@@]1(O)[C@H](C)[C@H]1CC(C)=C(C)C(=O)O1. The molecule has 0 amide bonds. The predicted octanol–water partition coefficient (Wildman–Crippen LogP) is 3.83. The number of ketones is 1. The number of aliphatic hydroxyl groups is 2. The third kappa shape index (κ3) is 3.49. The molecule has 0 unspecified atom stereocenters. The van der Waals surface area contributed by atoms with Crippen LogP contribution in [0.25, 0.3) is 0 Å². The Balaban J connectivity index is 1.54. The predicted molar refractivity (Wildman–Crippen MR) is 136 cm³/mol. The number of fused-ring (bicyclic) bond motifs is 5. The lowest BCUT2D eigenvalue weighted by Gasteiger charge is -2.58. The van der Waals surface area contributed by atoms with Crippen LogP contribution < -0.4 is 0 Å². The first-order valence-corrected chi connectivity index (χ1v) is 13.6. The van der Waals surface area contributed by atoms with Gasteiger partial charge in [-0.05, 0) is 81.9 Å². The number of esters is 2. The number of cyclic esters (lactones) is 1. The highest BCUT2D eigenvalue weighted by molar-refractivity contribution is 5.99. The monoisotopic (exact) mass is 512 g/mol. The Labute approximate surface area is 219 Å². The highest BCUT2D eigenvalue weighted by Crippen LogP contribution is 2.68. The van der Waals surface area contributed by atoms with Crippen molar-refractivity contribution in [2.45, 2.75) is 97.6 Å². The van der Waals surface area contributed by atoms with Crippen LogP contribution in [0.3, 0.4) is 0 Å². The van der Waals surface area contributed by atoms with Crippen molar-refractivity contribution in [3.63, 3.8) is 0 Å². The summed E-state index contributed by atoms with van der Waals surface area (Å²) in [6.07, 6.45) is 6.15. The number of hydrogen-bond donors (Lipinski definition) is 2. The van der Waals surface area contributed by atoms with Gasteiger partial charge in [-0.2, -0.15) is 0 Å². The van der Waals surface area contributed by atoms with Gasteiger partial charge in [0.15, 0.2) is 5.78 Å². The Kier molecular flexibility index (Phi) is 6.15. The first kappa shape index (κ1) is 26.4. The van der Waals surface area contributed by atoms with Crippen LogP contribution in [0.4, 0.5) is 0 Å². The largest absolute Gasteiger partial charge is 0.459 e. The van der Waals surface area contributed by atoms with E-state index in [0.29, 0.717) is 37.7 Å². The second-order valence-corrected chi connectivity index (χ2v) is 12.6. The van der Waals surface area contributed by atoms with Crippen LogP contribution >= 0.6 is 0 Å². The lowest BCUT2D eigenvalue weighted by Crippen LogP contribution is -2.62. The lowest BCUT2D eigenvalue weighted by atomic mass is 9.46. The van der Waals surface area contributed by atoms with Gasteiger partial charge >= 0.3 is 11.9 Å². The molecular weight excluding hydrogens is 472 g/mol. The van der Waals surface area contributed by atoms with E-state index in [4.69, 9.17) is 9.47 Å². The van der Waals surface area contributed by atoms with Crippen LogP contribution in [-0.2, 0) is 23.9 Å². The van der Waals surface area contributed by atoms with Gasteiger partial charge in [0, 0.05) is 30.3 Å². The van der Waals surface area contributed by atoms with Gasteiger partial charge in [0.05, 0.1) is 11.5 Å². The molecule has 0 aromatic rings. The van der Waals surface area contributed by atoms with E-state index < -0.39 is 46.6 Å².